The second kappa shape index (κ2) is 4.21. The third-order valence-corrected chi connectivity index (χ3v) is 2.24. The predicted octanol–water partition coefficient (Wildman–Crippen LogP) is 3.52. The van der Waals surface area contributed by atoms with Gasteiger partial charge in [-0.2, -0.15) is 26.3 Å². The molecule has 0 fully saturated rings. The van der Waals surface area contributed by atoms with E-state index >= 15 is 0 Å². The molecular weight excluding hydrogens is 250 g/mol. The van der Waals surface area contributed by atoms with Gasteiger partial charge in [0.2, 0.25) is 0 Å². The van der Waals surface area contributed by atoms with Crippen LogP contribution in [0, 0.1) is 6.92 Å². The van der Waals surface area contributed by atoms with E-state index in [-0.39, 0.29) is 0 Å². The summed E-state index contributed by atoms with van der Waals surface area (Å²) in [6.07, 6.45) is -10.3. The van der Waals surface area contributed by atoms with Crippen molar-refractivity contribution in [2.75, 3.05) is 0 Å². The minimum Gasteiger partial charge on any atom is -0.392 e. The molecule has 0 amide bonds. The zero-order valence-corrected chi connectivity index (χ0v) is 8.58. The van der Waals surface area contributed by atoms with Crippen molar-refractivity contribution in [1.29, 1.82) is 0 Å². The monoisotopic (exact) mass is 258 g/mol. The van der Waals surface area contributed by atoms with Crippen LogP contribution in [-0.4, -0.2) is 5.11 Å². The van der Waals surface area contributed by atoms with Crippen molar-refractivity contribution in [3.8, 4) is 0 Å². The van der Waals surface area contributed by atoms with E-state index in [1.807, 2.05) is 0 Å². The van der Waals surface area contributed by atoms with Crippen molar-refractivity contribution in [3.05, 3.63) is 34.4 Å². The van der Waals surface area contributed by atoms with Gasteiger partial charge >= 0.3 is 12.4 Å². The Balaban J connectivity index is 3.67. The van der Waals surface area contributed by atoms with Gasteiger partial charge in [0.25, 0.3) is 0 Å². The van der Waals surface area contributed by atoms with E-state index in [0.717, 1.165) is 19.1 Å². The van der Waals surface area contributed by atoms with E-state index in [9.17, 15) is 26.3 Å². The summed E-state index contributed by atoms with van der Waals surface area (Å²) in [5.41, 5.74) is -4.86. The molecule has 1 aromatic rings. The maximum atomic E-state index is 12.6. The predicted molar refractivity (Wildman–Crippen MR) is 47.1 cm³/mol. The second-order valence-electron chi connectivity index (χ2n) is 3.45. The number of aliphatic hydroxyl groups is 1. The molecule has 0 bridgehead atoms. The molecule has 1 rings (SSSR count). The zero-order valence-electron chi connectivity index (χ0n) is 8.58. The molecule has 96 valence electrons. The summed E-state index contributed by atoms with van der Waals surface area (Å²) in [5.74, 6) is 0. The molecule has 0 saturated carbocycles. The summed E-state index contributed by atoms with van der Waals surface area (Å²) in [7, 11) is 0. The molecule has 0 aliphatic rings. The van der Waals surface area contributed by atoms with E-state index in [1.54, 1.807) is 0 Å². The molecule has 1 N–H and O–H groups in total. The maximum Gasteiger partial charge on any atom is 0.417 e. The smallest absolute Gasteiger partial charge is 0.392 e. The largest absolute Gasteiger partial charge is 0.417 e. The van der Waals surface area contributed by atoms with Crippen molar-refractivity contribution in [1.82, 2.24) is 0 Å². The SMILES string of the molecule is Cc1ccc(CO)c(C(F)(F)F)c1C(F)(F)F. The minimum absolute atomic E-state index is 0.526. The van der Waals surface area contributed by atoms with Crippen LogP contribution in [0.4, 0.5) is 26.3 Å². The van der Waals surface area contributed by atoms with Crippen LogP contribution in [-0.2, 0) is 19.0 Å². The number of aryl methyl sites for hydroxylation is 1. The highest BCUT2D eigenvalue weighted by Crippen LogP contribution is 2.43. The summed E-state index contributed by atoms with van der Waals surface area (Å²) >= 11 is 0. The highest BCUT2D eigenvalue weighted by molar-refractivity contribution is 5.44. The Labute approximate surface area is 92.7 Å². The normalized spacial score (nSPS) is 12.9. The Morgan fingerprint density at radius 1 is 0.941 bits per heavy atom. The fraction of sp³-hybridized carbons (Fsp3) is 0.400. The van der Waals surface area contributed by atoms with E-state index in [2.05, 4.69) is 0 Å². The van der Waals surface area contributed by atoms with Gasteiger partial charge in [0.15, 0.2) is 0 Å². The minimum atomic E-state index is -5.16. The Kier molecular flexibility index (Phi) is 3.42. The third kappa shape index (κ3) is 2.71. The summed E-state index contributed by atoms with van der Waals surface area (Å²) < 4.78 is 75.5. The fourth-order valence-corrected chi connectivity index (χ4v) is 1.57. The van der Waals surface area contributed by atoms with Gasteiger partial charge in [-0.3, -0.25) is 0 Å². The van der Waals surface area contributed by atoms with Gasteiger partial charge in [-0.15, -0.1) is 0 Å². The van der Waals surface area contributed by atoms with Crippen LogP contribution in [0.1, 0.15) is 22.3 Å². The van der Waals surface area contributed by atoms with Crippen molar-refractivity contribution in [3.63, 3.8) is 0 Å². The maximum absolute atomic E-state index is 12.6. The van der Waals surface area contributed by atoms with Crippen LogP contribution in [0.25, 0.3) is 0 Å². The Hall–Kier alpha value is -1.24. The molecule has 0 atom stereocenters. The molecule has 0 aliphatic heterocycles. The molecule has 0 saturated heterocycles. The van der Waals surface area contributed by atoms with Gasteiger partial charge < -0.3 is 5.11 Å². The molecule has 0 spiro atoms. The van der Waals surface area contributed by atoms with Crippen molar-refractivity contribution < 1.29 is 31.4 Å². The summed E-state index contributed by atoms with van der Waals surface area (Å²) in [6.45, 7) is -0.155. The number of aliphatic hydroxyl groups excluding tert-OH is 1. The number of rotatable bonds is 1. The fourth-order valence-electron chi connectivity index (χ4n) is 1.57. The highest BCUT2D eigenvalue weighted by Gasteiger charge is 2.45. The van der Waals surface area contributed by atoms with Crippen LogP contribution in [0.2, 0.25) is 0 Å². The summed E-state index contributed by atoms with van der Waals surface area (Å²) in [5, 5.41) is 8.70. The first-order valence-electron chi connectivity index (χ1n) is 4.46. The lowest BCUT2D eigenvalue weighted by Crippen LogP contribution is -2.20. The van der Waals surface area contributed by atoms with E-state index in [0.29, 0.717) is 0 Å². The van der Waals surface area contributed by atoms with Gasteiger partial charge in [0.1, 0.15) is 0 Å². The van der Waals surface area contributed by atoms with Gasteiger partial charge in [-0.25, -0.2) is 0 Å². The van der Waals surface area contributed by atoms with Crippen LogP contribution in [0.15, 0.2) is 12.1 Å². The third-order valence-electron chi connectivity index (χ3n) is 2.24. The van der Waals surface area contributed by atoms with Crippen LogP contribution < -0.4 is 0 Å². The number of alkyl halides is 6. The lowest BCUT2D eigenvalue weighted by Gasteiger charge is -2.20. The highest BCUT2D eigenvalue weighted by atomic mass is 19.4. The topological polar surface area (TPSA) is 20.2 Å². The number of halogens is 6. The van der Waals surface area contributed by atoms with E-state index < -0.39 is 41.2 Å². The van der Waals surface area contributed by atoms with Crippen molar-refractivity contribution in [2.45, 2.75) is 25.9 Å². The molecule has 7 heteroatoms. The zero-order chi connectivity index (χ0) is 13.4. The Morgan fingerprint density at radius 3 is 1.76 bits per heavy atom. The van der Waals surface area contributed by atoms with Crippen molar-refractivity contribution >= 4 is 0 Å². The molecule has 1 nitrogen and oxygen atoms in total. The first kappa shape index (κ1) is 13.8. The second-order valence-corrected chi connectivity index (χ2v) is 3.45. The molecule has 0 heterocycles. The molecular formula is C10H8F6O. The average Bonchev–Trinajstić information content (AvgIpc) is 2.13. The molecule has 17 heavy (non-hydrogen) atoms. The summed E-state index contributed by atoms with van der Waals surface area (Å²) in [4.78, 5) is 0. The van der Waals surface area contributed by atoms with Crippen molar-refractivity contribution in [2.24, 2.45) is 0 Å². The van der Waals surface area contributed by atoms with Gasteiger partial charge in [-0.05, 0) is 18.1 Å². The van der Waals surface area contributed by atoms with Gasteiger partial charge in [-0.1, -0.05) is 12.1 Å². The van der Waals surface area contributed by atoms with Gasteiger partial charge in [0.05, 0.1) is 17.7 Å². The first-order chi connectivity index (χ1) is 7.59. The first-order valence-corrected chi connectivity index (χ1v) is 4.46. The van der Waals surface area contributed by atoms with Gasteiger partial charge in [0, 0.05) is 0 Å². The number of hydrogen-bond acceptors (Lipinski definition) is 1. The number of benzene rings is 1. The van der Waals surface area contributed by atoms with Crippen LogP contribution in [0.3, 0.4) is 0 Å². The van der Waals surface area contributed by atoms with Crippen LogP contribution in [0.5, 0.6) is 0 Å². The Morgan fingerprint density at radius 2 is 1.41 bits per heavy atom. The molecule has 0 aromatic heterocycles. The lowest BCUT2D eigenvalue weighted by molar-refractivity contribution is -0.163. The summed E-state index contributed by atoms with van der Waals surface area (Å²) in [6, 6.07) is 1.75. The standard InChI is InChI=1S/C10H8F6O/c1-5-2-3-6(4-17)8(10(14,15)16)7(5)9(11,12)13/h2-3,17H,4H2,1H3. The lowest BCUT2D eigenvalue weighted by atomic mass is 9.96. The van der Waals surface area contributed by atoms with E-state index in [1.165, 1.54) is 0 Å². The molecule has 0 radical (unpaired) electrons. The average molecular weight is 258 g/mol. The Bertz CT molecular complexity index is 418. The van der Waals surface area contributed by atoms with Crippen LogP contribution >= 0.6 is 0 Å². The molecule has 0 unspecified atom stereocenters. The molecule has 0 aliphatic carbocycles. The van der Waals surface area contributed by atoms with E-state index in [4.69, 9.17) is 5.11 Å². The quantitative estimate of drug-likeness (QED) is 0.764. The number of hydrogen-bond donors (Lipinski definition) is 1. The molecule has 1 aromatic carbocycles.